The number of hydrogen-bond acceptors (Lipinski definition) is 3. The van der Waals surface area contributed by atoms with E-state index in [-0.39, 0.29) is 12.5 Å². The van der Waals surface area contributed by atoms with Gasteiger partial charge in [-0.2, -0.15) is 0 Å². The summed E-state index contributed by atoms with van der Waals surface area (Å²) in [6, 6.07) is 12.3. The first-order chi connectivity index (χ1) is 9.59. The highest BCUT2D eigenvalue weighted by molar-refractivity contribution is 7.10. The van der Waals surface area contributed by atoms with Crippen LogP contribution >= 0.6 is 11.3 Å². The number of benzene rings is 1. The van der Waals surface area contributed by atoms with Gasteiger partial charge >= 0.3 is 5.97 Å². The largest absolute Gasteiger partial charge is 0.481 e. The van der Waals surface area contributed by atoms with Gasteiger partial charge in [0.15, 0.2) is 0 Å². The number of aliphatic carboxylic acids is 1. The van der Waals surface area contributed by atoms with Crippen LogP contribution in [0.5, 0.6) is 0 Å². The molecule has 0 amide bonds. The molecule has 2 rings (SSSR count). The first-order valence-corrected chi connectivity index (χ1v) is 7.55. The van der Waals surface area contributed by atoms with Crippen molar-refractivity contribution in [2.45, 2.75) is 26.3 Å². The molecule has 1 aromatic heterocycles. The van der Waals surface area contributed by atoms with E-state index in [0.717, 1.165) is 5.69 Å². The van der Waals surface area contributed by atoms with Gasteiger partial charge in [0.1, 0.15) is 0 Å². The molecule has 0 saturated carbocycles. The molecule has 0 aliphatic heterocycles. The topological polar surface area (TPSA) is 40.5 Å². The van der Waals surface area contributed by atoms with Crippen LogP contribution in [0.2, 0.25) is 0 Å². The lowest BCUT2D eigenvalue weighted by molar-refractivity contribution is -0.136. The molecule has 106 valence electrons. The standard InChI is InChI=1S/C16H19NO2S/c1-12-9-11-20-16(12)13(2)17(10-8-15(18)19)14-6-4-3-5-7-14/h3-7,9,11,13H,8,10H2,1-2H3,(H,18,19). The van der Waals surface area contributed by atoms with Crippen molar-refractivity contribution in [3.05, 3.63) is 52.2 Å². The molecule has 20 heavy (non-hydrogen) atoms. The number of hydrogen-bond donors (Lipinski definition) is 1. The number of nitrogens with zero attached hydrogens (tertiary/aromatic N) is 1. The van der Waals surface area contributed by atoms with Crippen LogP contribution in [-0.2, 0) is 4.79 Å². The summed E-state index contributed by atoms with van der Waals surface area (Å²) >= 11 is 1.73. The highest BCUT2D eigenvalue weighted by Gasteiger charge is 2.19. The average molecular weight is 289 g/mol. The summed E-state index contributed by atoms with van der Waals surface area (Å²) in [6.45, 7) is 4.74. The molecule has 1 heterocycles. The third kappa shape index (κ3) is 3.39. The van der Waals surface area contributed by atoms with Crippen molar-refractivity contribution >= 4 is 23.0 Å². The van der Waals surface area contributed by atoms with Crippen LogP contribution in [0.25, 0.3) is 0 Å². The minimum atomic E-state index is -0.763. The van der Waals surface area contributed by atoms with Crippen molar-refractivity contribution in [2.24, 2.45) is 0 Å². The summed E-state index contributed by atoms with van der Waals surface area (Å²) in [5.41, 5.74) is 2.33. The molecule has 3 nitrogen and oxygen atoms in total. The Hall–Kier alpha value is -1.81. The Bertz CT molecular complexity index is 565. The molecule has 2 aromatic rings. The van der Waals surface area contributed by atoms with Gasteiger partial charge in [-0.25, -0.2) is 0 Å². The van der Waals surface area contributed by atoms with E-state index in [1.807, 2.05) is 30.3 Å². The molecule has 4 heteroatoms. The van der Waals surface area contributed by atoms with Crippen molar-refractivity contribution in [2.75, 3.05) is 11.4 Å². The van der Waals surface area contributed by atoms with E-state index in [2.05, 4.69) is 30.2 Å². The maximum atomic E-state index is 10.9. The second kappa shape index (κ2) is 6.57. The first kappa shape index (κ1) is 14.6. The van der Waals surface area contributed by atoms with Gasteiger partial charge in [0, 0.05) is 17.1 Å². The van der Waals surface area contributed by atoms with Crippen molar-refractivity contribution in [1.82, 2.24) is 0 Å². The predicted molar refractivity (Wildman–Crippen MR) is 83.5 cm³/mol. The number of carbonyl (C=O) groups is 1. The Morgan fingerprint density at radius 3 is 2.55 bits per heavy atom. The summed E-state index contributed by atoms with van der Waals surface area (Å²) in [7, 11) is 0. The number of carboxylic acid groups (broad SMARTS) is 1. The van der Waals surface area contributed by atoms with E-state index in [1.54, 1.807) is 11.3 Å². The van der Waals surface area contributed by atoms with Crippen LogP contribution in [0.15, 0.2) is 41.8 Å². The Morgan fingerprint density at radius 2 is 2.00 bits per heavy atom. The average Bonchev–Trinajstić information content (AvgIpc) is 2.86. The molecule has 0 aliphatic rings. The van der Waals surface area contributed by atoms with Crippen molar-refractivity contribution in [3.63, 3.8) is 0 Å². The fourth-order valence-corrected chi connectivity index (χ4v) is 3.33. The summed E-state index contributed by atoms with van der Waals surface area (Å²) in [5.74, 6) is -0.763. The molecule has 0 aliphatic carbocycles. The summed E-state index contributed by atoms with van der Waals surface area (Å²) in [6.07, 6.45) is 0.143. The number of aryl methyl sites for hydroxylation is 1. The lowest BCUT2D eigenvalue weighted by Crippen LogP contribution is -2.29. The molecule has 1 N–H and O–H groups in total. The fourth-order valence-electron chi connectivity index (χ4n) is 2.34. The van der Waals surface area contributed by atoms with Gasteiger partial charge in [0.05, 0.1) is 12.5 Å². The molecule has 0 bridgehead atoms. The number of carboxylic acids is 1. The van der Waals surface area contributed by atoms with Crippen molar-refractivity contribution in [3.8, 4) is 0 Å². The molecule has 1 unspecified atom stereocenters. The molecule has 0 fully saturated rings. The highest BCUT2D eigenvalue weighted by Crippen LogP contribution is 2.32. The van der Waals surface area contributed by atoms with E-state index in [0.29, 0.717) is 6.54 Å². The second-order valence-corrected chi connectivity index (χ2v) is 5.76. The minimum absolute atomic E-state index is 0.143. The third-order valence-corrected chi connectivity index (χ3v) is 4.59. The van der Waals surface area contributed by atoms with Gasteiger partial charge in [0.25, 0.3) is 0 Å². The van der Waals surface area contributed by atoms with E-state index in [9.17, 15) is 4.79 Å². The zero-order valence-corrected chi connectivity index (χ0v) is 12.6. The van der Waals surface area contributed by atoms with Gasteiger partial charge < -0.3 is 10.0 Å². The first-order valence-electron chi connectivity index (χ1n) is 6.67. The third-order valence-electron chi connectivity index (χ3n) is 3.40. The fraction of sp³-hybridized carbons (Fsp3) is 0.312. The SMILES string of the molecule is Cc1ccsc1C(C)N(CCC(=O)O)c1ccccc1. The maximum absolute atomic E-state index is 10.9. The summed E-state index contributed by atoms with van der Waals surface area (Å²) in [4.78, 5) is 14.3. The number of para-hydroxylation sites is 1. The van der Waals surface area contributed by atoms with E-state index < -0.39 is 5.97 Å². The Kier molecular flexibility index (Phi) is 4.79. The quantitative estimate of drug-likeness (QED) is 0.870. The van der Waals surface area contributed by atoms with Crippen LogP contribution in [-0.4, -0.2) is 17.6 Å². The van der Waals surface area contributed by atoms with E-state index in [4.69, 9.17) is 5.11 Å². The Labute approximate surface area is 123 Å². The number of rotatable bonds is 6. The normalized spacial score (nSPS) is 12.1. The summed E-state index contributed by atoms with van der Waals surface area (Å²) in [5, 5.41) is 11.0. The molecular weight excluding hydrogens is 270 g/mol. The molecule has 1 aromatic carbocycles. The minimum Gasteiger partial charge on any atom is -0.481 e. The zero-order valence-electron chi connectivity index (χ0n) is 11.7. The van der Waals surface area contributed by atoms with Gasteiger partial charge in [-0.05, 0) is 43.0 Å². The zero-order chi connectivity index (χ0) is 14.5. The molecule has 0 radical (unpaired) electrons. The van der Waals surface area contributed by atoms with Gasteiger partial charge in [-0.3, -0.25) is 4.79 Å². The molecule has 0 spiro atoms. The highest BCUT2D eigenvalue weighted by atomic mass is 32.1. The molecule has 1 atom stereocenters. The lowest BCUT2D eigenvalue weighted by atomic mass is 10.1. The van der Waals surface area contributed by atoms with Gasteiger partial charge in [0.2, 0.25) is 0 Å². The number of anilines is 1. The van der Waals surface area contributed by atoms with E-state index in [1.165, 1.54) is 10.4 Å². The van der Waals surface area contributed by atoms with Crippen LogP contribution in [0.4, 0.5) is 5.69 Å². The van der Waals surface area contributed by atoms with Crippen LogP contribution in [0.3, 0.4) is 0 Å². The smallest absolute Gasteiger partial charge is 0.305 e. The Balaban J connectivity index is 2.26. The second-order valence-electron chi connectivity index (χ2n) is 4.82. The lowest BCUT2D eigenvalue weighted by Gasteiger charge is -2.31. The van der Waals surface area contributed by atoms with E-state index >= 15 is 0 Å². The molecular formula is C16H19NO2S. The summed E-state index contributed by atoms with van der Waals surface area (Å²) < 4.78 is 0. The van der Waals surface area contributed by atoms with Crippen LogP contribution in [0.1, 0.15) is 29.8 Å². The van der Waals surface area contributed by atoms with Crippen molar-refractivity contribution < 1.29 is 9.90 Å². The van der Waals surface area contributed by atoms with Crippen molar-refractivity contribution in [1.29, 1.82) is 0 Å². The maximum Gasteiger partial charge on any atom is 0.305 e. The Morgan fingerprint density at radius 1 is 1.30 bits per heavy atom. The van der Waals surface area contributed by atoms with Gasteiger partial charge in [-0.1, -0.05) is 18.2 Å². The van der Waals surface area contributed by atoms with Crippen LogP contribution < -0.4 is 4.90 Å². The monoisotopic (exact) mass is 289 g/mol. The van der Waals surface area contributed by atoms with Crippen LogP contribution in [0, 0.1) is 6.92 Å². The number of thiophene rings is 1. The molecule has 0 saturated heterocycles. The predicted octanol–water partition coefficient (Wildman–Crippen LogP) is 4.10. The van der Waals surface area contributed by atoms with Gasteiger partial charge in [-0.15, -0.1) is 11.3 Å².